The molecule has 0 aliphatic rings. The molecule has 0 saturated carbocycles. The Morgan fingerprint density at radius 3 is 2.46 bits per heavy atom. The van der Waals surface area contributed by atoms with Gasteiger partial charge in [-0.15, -0.1) is 0 Å². The molecular formula is C11H14BrF. The van der Waals surface area contributed by atoms with Gasteiger partial charge in [0.25, 0.3) is 0 Å². The van der Waals surface area contributed by atoms with Crippen molar-refractivity contribution >= 4 is 15.9 Å². The van der Waals surface area contributed by atoms with E-state index < -0.39 is 0 Å². The molecule has 0 aromatic heterocycles. The van der Waals surface area contributed by atoms with E-state index in [4.69, 9.17) is 0 Å². The number of rotatable bonds is 2. The fraction of sp³-hybridized carbons (Fsp3) is 0.455. The molecule has 0 fully saturated rings. The Morgan fingerprint density at radius 2 is 2.00 bits per heavy atom. The molecule has 72 valence electrons. The molecule has 0 N–H and O–H groups in total. The molecule has 1 aromatic rings. The van der Waals surface area contributed by atoms with Gasteiger partial charge in [0.15, 0.2) is 0 Å². The molecule has 1 rings (SSSR count). The van der Waals surface area contributed by atoms with Crippen LogP contribution in [0.2, 0.25) is 0 Å². The molecule has 0 heterocycles. The average Bonchev–Trinajstić information content (AvgIpc) is 2.08. The van der Waals surface area contributed by atoms with Gasteiger partial charge in [-0.3, -0.25) is 0 Å². The molecule has 0 nitrogen and oxygen atoms in total. The van der Waals surface area contributed by atoms with Gasteiger partial charge in [-0.1, -0.05) is 20.8 Å². The summed E-state index contributed by atoms with van der Waals surface area (Å²) in [5.74, 6) is 0.285. The lowest BCUT2D eigenvalue weighted by molar-refractivity contribution is 0.616. The van der Waals surface area contributed by atoms with Crippen LogP contribution in [0.25, 0.3) is 0 Å². The van der Waals surface area contributed by atoms with E-state index in [1.165, 1.54) is 5.56 Å². The Bertz CT molecular complexity index is 305. The van der Waals surface area contributed by atoms with Crippen molar-refractivity contribution in [2.45, 2.75) is 33.1 Å². The summed E-state index contributed by atoms with van der Waals surface area (Å²) in [5, 5.41) is 0. The molecule has 0 bridgehead atoms. The van der Waals surface area contributed by atoms with Crippen LogP contribution in [-0.4, -0.2) is 0 Å². The van der Waals surface area contributed by atoms with Crippen LogP contribution in [-0.2, 0) is 6.42 Å². The minimum atomic E-state index is -0.166. The number of hydrogen-bond donors (Lipinski definition) is 0. The standard InChI is InChI=1S/C11H14BrF/c1-4-8-5-11(13)10(12)6-9(8)7(2)3/h5-7H,4H2,1-3H3. The fourth-order valence-electron chi connectivity index (χ4n) is 1.45. The van der Waals surface area contributed by atoms with Crippen LogP contribution < -0.4 is 0 Å². The van der Waals surface area contributed by atoms with Crippen LogP contribution in [0.4, 0.5) is 4.39 Å². The summed E-state index contributed by atoms with van der Waals surface area (Å²) in [4.78, 5) is 0. The van der Waals surface area contributed by atoms with Gasteiger partial charge in [-0.05, 0) is 51.5 Å². The first kappa shape index (κ1) is 10.7. The summed E-state index contributed by atoms with van der Waals surface area (Å²) < 4.78 is 13.7. The van der Waals surface area contributed by atoms with E-state index in [2.05, 4.69) is 36.7 Å². The molecule has 2 heteroatoms. The first-order valence-electron chi connectivity index (χ1n) is 4.54. The molecule has 1 aromatic carbocycles. The molecule has 0 saturated heterocycles. The minimum Gasteiger partial charge on any atom is -0.206 e. The van der Waals surface area contributed by atoms with E-state index in [1.54, 1.807) is 6.07 Å². The highest BCUT2D eigenvalue weighted by Gasteiger charge is 2.09. The molecule has 0 amide bonds. The maximum Gasteiger partial charge on any atom is 0.137 e. The highest BCUT2D eigenvalue weighted by Crippen LogP contribution is 2.26. The number of halogens is 2. The molecule has 0 unspecified atom stereocenters. The summed E-state index contributed by atoms with van der Waals surface area (Å²) >= 11 is 3.20. The maximum atomic E-state index is 13.2. The molecule has 0 aliphatic carbocycles. The van der Waals surface area contributed by atoms with Gasteiger partial charge in [0.1, 0.15) is 5.82 Å². The molecule has 0 radical (unpaired) electrons. The molecular weight excluding hydrogens is 231 g/mol. The van der Waals surface area contributed by atoms with E-state index in [0.29, 0.717) is 10.4 Å². The summed E-state index contributed by atoms with van der Waals surface area (Å²) in [5.41, 5.74) is 2.34. The van der Waals surface area contributed by atoms with E-state index in [1.807, 2.05) is 6.07 Å². The quantitative estimate of drug-likeness (QED) is 0.729. The van der Waals surface area contributed by atoms with Crippen LogP contribution in [0.1, 0.15) is 37.8 Å². The second-order valence-electron chi connectivity index (χ2n) is 3.47. The molecule has 0 spiro atoms. The predicted octanol–water partition coefficient (Wildman–Crippen LogP) is 4.27. The Balaban J connectivity index is 3.25. The second-order valence-corrected chi connectivity index (χ2v) is 4.33. The third kappa shape index (κ3) is 2.31. The molecule has 13 heavy (non-hydrogen) atoms. The predicted molar refractivity (Wildman–Crippen MR) is 57.6 cm³/mol. The lowest BCUT2D eigenvalue weighted by atomic mass is 9.96. The van der Waals surface area contributed by atoms with E-state index >= 15 is 0 Å². The highest BCUT2D eigenvalue weighted by atomic mass is 79.9. The Labute approximate surface area is 87.3 Å². The summed E-state index contributed by atoms with van der Waals surface area (Å²) in [6.07, 6.45) is 0.887. The van der Waals surface area contributed by atoms with Gasteiger partial charge in [0, 0.05) is 0 Å². The van der Waals surface area contributed by atoms with Crippen molar-refractivity contribution in [1.29, 1.82) is 0 Å². The topological polar surface area (TPSA) is 0 Å². The fourth-order valence-corrected chi connectivity index (χ4v) is 1.81. The zero-order valence-corrected chi connectivity index (χ0v) is 9.78. The SMILES string of the molecule is CCc1cc(F)c(Br)cc1C(C)C. The Morgan fingerprint density at radius 1 is 1.38 bits per heavy atom. The van der Waals surface area contributed by atoms with Gasteiger partial charge >= 0.3 is 0 Å². The third-order valence-electron chi connectivity index (χ3n) is 2.19. The van der Waals surface area contributed by atoms with Crippen molar-refractivity contribution in [3.63, 3.8) is 0 Å². The van der Waals surface area contributed by atoms with E-state index in [-0.39, 0.29) is 5.82 Å². The number of benzene rings is 1. The minimum absolute atomic E-state index is 0.166. The van der Waals surface area contributed by atoms with E-state index in [0.717, 1.165) is 12.0 Å². The second kappa shape index (κ2) is 4.23. The number of aryl methyl sites for hydroxylation is 1. The van der Waals surface area contributed by atoms with Gasteiger partial charge in [0.2, 0.25) is 0 Å². The monoisotopic (exact) mass is 244 g/mol. The van der Waals surface area contributed by atoms with E-state index in [9.17, 15) is 4.39 Å². The first-order chi connectivity index (χ1) is 6.06. The summed E-state index contributed by atoms with van der Waals surface area (Å²) in [6.45, 7) is 6.30. The summed E-state index contributed by atoms with van der Waals surface area (Å²) in [7, 11) is 0. The van der Waals surface area contributed by atoms with Crippen LogP contribution in [0.3, 0.4) is 0 Å². The van der Waals surface area contributed by atoms with Crippen molar-refractivity contribution < 1.29 is 4.39 Å². The molecule has 0 atom stereocenters. The smallest absolute Gasteiger partial charge is 0.137 e. The van der Waals surface area contributed by atoms with Crippen molar-refractivity contribution in [2.24, 2.45) is 0 Å². The van der Waals surface area contributed by atoms with Crippen LogP contribution >= 0.6 is 15.9 Å². The zero-order valence-electron chi connectivity index (χ0n) is 8.20. The first-order valence-corrected chi connectivity index (χ1v) is 5.33. The lowest BCUT2D eigenvalue weighted by Crippen LogP contribution is -1.97. The van der Waals surface area contributed by atoms with Crippen molar-refractivity contribution in [2.75, 3.05) is 0 Å². The average molecular weight is 245 g/mol. The molecule has 0 aliphatic heterocycles. The van der Waals surface area contributed by atoms with Crippen LogP contribution in [0, 0.1) is 5.82 Å². The van der Waals surface area contributed by atoms with Gasteiger partial charge in [-0.25, -0.2) is 4.39 Å². The van der Waals surface area contributed by atoms with Crippen LogP contribution in [0.5, 0.6) is 0 Å². The van der Waals surface area contributed by atoms with Crippen molar-refractivity contribution in [3.8, 4) is 0 Å². The number of hydrogen-bond acceptors (Lipinski definition) is 0. The third-order valence-corrected chi connectivity index (χ3v) is 2.79. The van der Waals surface area contributed by atoms with Gasteiger partial charge in [-0.2, -0.15) is 0 Å². The van der Waals surface area contributed by atoms with Gasteiger partial charge < -0.3 is 0 Å². The Kier molecular flexibility index (Phi) is 3.48. The van der Waals surface area contributed by atoms with Crippen molar-refractivity contribution in [1.82, 2.24) is 0 Å². The lowest BCUT2D eigenvalue weighted by Gasteiger charge is -2.12. The zero-order chi connectivity index (χ0) is 10.0. The maximum absolute atomic E-state index is 13.2. The van der Waals surface area contributed by atoms with Crippen molar-refractivity contribution in [3.05, 3.63) is 33.5 Å². The Hall–Kier alpha value is -0.370. The largest absolute Gasteiger partial charge is 0.206 e. The van der Waals surface area contributed by atoms with Gasteiger partial charge in [0.05, 0.1) is 4.47 Å². The highest BCUT2D eigenvalue weighted by molar-refractivity contribution is 9.10. The van der Waals surface area contributed by atoms with Crippen LogP contribution in [0.15, 0.2) is 16.6 Å². The normalized spacial score (nSPS) is 10.9. The summed E-state index contributed by atoms with van der Waals surface area (Å²) in [6, 6.07) is 3.51.